The minimum Gasteiger partial charge on any atom is -0.508 e. The number of carbonyl (C=O) groups is 1. The molecule has 0 saturated carbocycles. The molecule has 1 aromatic carbocycles. The van der Waals surface area contributed by atoms with Gasteiger partial charge in [0.05, 0.1) is 0 Å². The van der Waals surface area contributed by atoms with E-state index in [-0.39, 0.29) is 17.7 Å². The van der Waals surface area contributed by atoms with Crippen molar-refractivity contribution < 1.29 is 9.90 Å². The van der Waals surface area contributed by atoms with Crippen LogP contribution in [0.15, 0.2) is 24.3 Å². The van der Waals surface area contributed by atoms with Gasteiger partial charge in [-0.15, -0.1) is 0 Å². The van der Waals surface area contributed by atoms with E-state index in [0.29, 0.717) is 12.1 Å². The third-order valence-corrected chi connectivity index (χ3v) is 2.29. The fraction of sp³-hybridized carbons (Fsp3) is 0.417. The van der Waals surface area contributed by atoms with E-state index in [9.17, 15) is 9.90 Å². The number of nitrogens with two attached hydrogens (primary N) is 1. The SMILES string of the molecule is CCCC(N)CNC(=O)c1cccc(O)c1. The predicted molar refractivity (Wildman–Crippen MR) is 63.3 cm³/mol. The first-order chi connectivity index (χ1) is 7.63. The van der Waals surface area contributed by atoms with E-state index in [2.05, 4.69) is 12.2 Å². The van der Waals surface area contributed by atoms with E-state index in [1.165, 1.54) is 12.1 Å². The first-order valence-electron chi connectivity index (χ1n) is 5.46. The Kier molecular flexibility index (Phi) is 4.79. The smallest absolute Gasteiger partial charge is 0.251 e. The summed E-state index contributed by atoms with van der Waals surface area (Å²) in [6.45, 7) is 2.51. The van der Waals surface area contributed by atoms with Gasteiger partial charge in [-0.05, 0) is 24.6 Å². The van der Waals surface area contributed by atoms with Crippen LogP contribution >= 0.6 is 0 Å². The lowest BCUT2D eigenvalue weighted by Gasteiger charge is -2.11. The van der Waals surface area contributed by atoms with Crippen molar-refractivity contribution in [3.05, 3.63) is 29.8 Å². The molecule has 88 valence electrons. The van der Waals surface area contributed by atoms with Crippen LogP contribution in [0.2, 0.25) is 0 Å². The Morgan fingerprint density at radius 2 is 2.31 bits per heavy atom. The van der Waals surface area contributed by atoms with Gasteiger partial charge in [0.1, 0.15) is 5.75 Å². The standard InChI is InChI=1S/C12H18N2O2/c1-2-4-10(13)8-14-12(16)9-5-3-6-11(15)7-9/h3,5-7,10,15H,2,4,8,13H2,1H3,(H,14,16). The predicted octanol–water partition coefficient (Wildman–Crippen LogP) is 1.25. The summed E-state index contributed by atoms with van der Waals surface area (Å²) < 4.78 is 0. The number of phenolic OH excluding ortho intramolecular Hbond substituents is 1. The lowest BCUT2D eigenvalue weighted by Crippen LogP contribution is -2.37. The van der Waals surface area contributed by atoms with Gasteiger partial charge >= 0.3 is 0 Å². The number of amides is 1. The number of phenols is 1. The zero-order valence-corrected chi connectivity index (χ0v) is 9.44. The summed E-state index contributed by atoms with van der Waals surface area (Å²) in [5.74, 6) is -0.118. The lowest BCUT2D eigenvalue weighted by atomic mass is 10.1. The molecule has 0 aliphatic heterocycles. The first kappa shape index (κ1) is 12.5. The van der Waals surface area contributed by atoms with Gasteiger partial charge in [-0.2, -0.15) is 0 Å². The summed E-state index contributed by atoms with van der Waals surface area (Å²) in [6.07, 6.45) is 1.89. The van der Waals surface area contributed by atoms with Gasteiger partial charge in [0.25, 0.3) is 5.91 Å². The van der Waals surface area contributed by atoms with Crippen LogP contribution in [-0.2, 0) is 0 Å². The fourth-order valence-electron chi connectivity index (χ4n) is 1.45. The number of benzene rings is 1. The number of hydrogen-bond donors (Lipinski definition) is 3. The maximum Gasteiger partial charge on any atom is 0.251 e. The Hall–Kier alpha value is -1.55. The zero-order valence-electron chi connectivity index (χ0n) is 9.44. The monoisotopic (exact) mass is 222 g/mol. The molecule has 1 atom stereocenters. The summed E-state index contributed by atoms with van der Waals surface area (Å²) in [7, 11) is 0. The van der Waals surface area contributed by atoms with E-state index in [0.717, 1.165) is 12.8 Å². The summed E-state index contributed by atoms with van der Waals surface area (Å²) in [5, 5.41) is 12.0. The van der Waals surface area contributed by atoms with Crippen LogP contribution in [0.25, 0.3) is 0 Å². The number of hydrogen-bond acceptors (Lipinski definition) is 3. The largest absolute Gasteiger partial charge is 0.508 e. The minimum absolute atomic E-state index is 0.00809. The van der Waals surface area contributed by atoms with E-state index in [1.807, 2.05) is 0 Å². The molecule has 1 amide bonds. The average Bonchev–Trinajstić information content (AvgIpc) is 2.26. The molecule has 0 spiro atoms. The highest BCUT2D eigenvalue weighted by molar-refractivity contribution is 5.94. The normalized spacial score (nSPS) is 12.1. The van der Waals surface area contributed by atoms with Crippen LogP contribution in [0.3, 0.4) is 0 Å². The molecule has 1 rings (SSSR count). The molecule has 4 heteroatoms. The molecule has 0 aliphatic carbocycles. The highest BCUT2D eigenvalue weighted by atomic mass is 16.3. The van der Waals surface area contributed by atoms with Crippen molar-refractivity contribution in [2.45, 2.75) is 25.8 Å². The highest BCUT2D eigenvalue weighted by Crippen LogP contribution is 2.10. The summed E-state index contributed by atoms with van der Waals surface area (Å²) in [6, 6.07) is 6.24. The Balaban J connectivity index is 2.47. The molecular weight excluding hydrogens is 204 g/mol. The van der Waals surface area contributed by atoms with Crippen molar-refractivity contribution in [1.82, 2.24) is 5.32 Å². The molecule has 0 saturated heterocycles. The molecule has 0 fully saturated rings. The summed E-state index contributed by atoms with van der Waals surface area (Å²) in [5.41, 5.74) is 6.22. The molecule has 0 radical (unpaired) electrons. The summed E-state index contributed by atoms with van der Waals surface area (Å²) >= 11 is 0. The van der Waals surface area contributed by atoms with Crippen molar-refractivity contribution in [1.29, 1.82) is 0 Å². The van der Waals surface area contributed by atoms with Crippen LogP contribution in [0.1, 0.15) is 30.1 Å². The fourth-order valence-corrected chi connectivity index (χ4v) is 1.45. The van der Waals surface area contributed by atoms with Crippen molar-refractivity contribution in [3.63, 3.8) is 0 Å². The van der Waals surface area contributed by atoms with Gasteiger partial charge in [-0.25, -0.2) is 0 Å². The first-order valence-corrected chi connectivity index (χ1v) is 5.46. The van der Waals surface area contributed by atoms with Crippen LogP contribution < -0.4 is 11.1 Å². The van der Waals surface area contributed by atoms with E-state index in [4.69, 9.17) is 5.73 Å². The van der Waals surface area contributed by atoms with Crippen LogP contribution in [0, 0.1) is 0 Å². The molecule has 4 N–H and O–H groups in total. The third kappa shape index (κ3) is 3.90. The molecular formula is C12H18N2O2. The molecule has 0 heterocycles. The molecule has 0 bridgehead atoms. The van der Waals surface area contributed by atoms with Crippen molar-refractivity contribution in [3.8, 4) is 5.75 Å². The average molecular weight is 222 g/mol. The van der Waals surface area contributed by atoms with E-state index in [1.54, 1.807) is 12.1 Å². The van der Waals surface area contributed by atoms with Crippen molar-refractivity contribution in [2.24, 2.45) is 5.73 Å². The Labute approximate surface area is 95.5 Å². The van der Waals surface area contributed by atoms with Gasteiger partial charge in [-0.1, -0.05) is 19.4 Å². The molecule has 0 aliphatic rings. The van der Waals surface area contributed by atoms with Crippen molar-refractivity contribution in [2.75, 3.05) is 6.54 Å². The number of rotatable bonds is 5. The number of aromatic hydroxyl groups is 1. The van der Waals surface area contributed by atoms with Gasteiger partial charge in [0.15, 0.2) is 0 Å². The lowest BCUT2D eigenvalue weighted by molar-refractivity contribution is 0.0950. The van der Waals surface area contributed by atoms with Gasteiger partial charge < -0.3 is 16.2 Å². The van der Waals surface area contributed by atoms with E-state index < -0.39 is 0 Å². The maximum absolute atomic E-state index is 11.6. The quantitative estimate of drug-likeness (QED) is 0.701. The highest BCUT2D eigenvalue weighted by Gasteiger charge is 2.07. The number of nitrogens with one attached hydrogen (secondary N) is 1. The molecule has 1 unspecified atom stereocenters. The number of carbonyl (C=O) groups excluding carboxylic acids is 1. The van der Waals surface area contributed by atoms with Crippen LogP contribution in [0.5, 0.6) is 5.75 Å². The zero-order chi connectivity index (χ0) is 12.0. The molecule has 0 aromatic heterocycles. The Morgan fingerprint density at radius 3 is 2.94 bits per heavy atom. The maximum atomic E-state index is 11.6. The minimum atomic E-state index is -0.206. The van der Waals surface area contributed by atoms with Crippen LogP contribution in [-0.4, -0.2) is 23.6 Å². The van der Waals surface area contributed by atoms with Gasteiger partial charge in [0.2, 0.25) is 0 Å². The van der Waals surface area contributed by atoms with Gasteiger partial charge in [0, 0.05) is 18.2 Å². The van der Waals surface area contributed by atoms with Crippen LogP contribution in [0.4, 0.5) is 0 Å². The van der Waals surface area contributed by atoms with E-state index >= 15 is 0 Å². The second-order valence-corrected chi connectivity index (χ2v) is 3.81. The second-order valence-electron chi connectivity index (χ2n) is 3.81. The second kappa shape index (κ2) is 6.12. The topological polar surface area (TPSA) is 75.3 Å². The third-order valence-electron chi connectivity index (χ3n) is 2.29. The molecule has 16 heavy (non-hydrogen) atoms. The Bertz CT molecular complexity index is 353. The Morgan fingerprint density at radius 1 is 1.56 bits per heavy atom. The molecule has 1 aromatic rings. The summed E-state index contributed by atoms with van der Waals surface area (Å²) in [4.78, 5) is 11.6. The van der Waals surface area contributed by atoms with Crippen molar-refractivity contribution >= 4 is 5.91 Å². The van der Waals surface area contributed by atoms with Gasteiger partial charge in [-0.3, -0.25) is 4.79 Å². The molecule has 4 nitrogen and oxygen atoms in total.